The number of aromatic nitrogens is 3. The Morgan fingerprint density at radius 3 is 2.66 bits per heavy atom. The Hall–Kier alpha value is -2.89. The van der Waals surface area contributed by atoms with Crippen molar-refractivity contribution in [1.29, 1.82) is 0 Å². The minimum Gasteiger partial charge on any atom is -0.497 e. The van der Waals surface area contributed by atoms with Gasteiger partial charge in [0.1, 0.15) is 5.75 Å². The van der Waals surface area contributed by atoms with Crippen molar-refractivity contribution in [2.24, 2.45) is 7.05 Å². The summed E-state index contributed by atoms with van der Waals surface area (Å²) in [6.45, 7) is 1.60. The number of ether oxygens (including phenoxy) is 1. The van der Waals surface area contributed by atoms with Gasteiger partial charge in [-0.05, 0) is 54.4 Å². The number of rotatable bonds is 7. The van der Waals surface area contributed by atoms with Gasteiger partial charge in [0.25, 0.3) is 0 Å². The Morgan fingerprint density at radius 2 is 1.93 bits per heavy atom. The Kier molecular flexibility index (Phi) is 5.79. The third-order valence-corrected chi connectivity index (χ3v) is 5.15. The van der Waals surface area contributed by atoms with Crippen LogP contribution in [0.15, 0.2) is 60.9 Å². The molecular formula is C23H23ClN4O. The van der Waals surface area contributed by atoms with Gasteiger partial charge in [-0.1, -0.05) is 23.7 Å². The highest BCUT2D eigenvalue weighted by Crippen LogP contribution is 2.27. The summed E-state index contributed by atoms with van der Waals surface area (Å²) in [6, 6.07) is 16.2. The van der Waals surface area contributed by atoms with E-state index in [1.807, 2.05) is 49.8 Å². The molecule has 29 heavy (non-hydrogen) atoms. The summed E-state index contributed by atoms with van der Waals surface area (Å²) in [7, 11) is 3.58. The van der Waals surface area contributed by atoms with Gasteiger partial charge in [-0.3, -0.25) is 4.68 Å². The summed E-state index contributed by atoms with van der Waals surface area (Å²) in [5.41, 5.74) is 5.27. The average Bonchev–Trinajstić information content (AvgIpc) is 3.17. The molecule has 0 spiro atoms. The van der Waals surface area contributed by atoms with E-state index in [1.54, 1.807) is 11.8 Å². The van der Waals surface area contributed by atoms with Crippen LogP contribution in [0.25, 0.3) is 22.2 Å². The smallest absolute Gasteiger partial charge is 0.121 e. The van der Waals surface area contributed by atoms with Gasteiger partial charge in [0.15, 0.2) is 0 Å². The van der Waals surface area contributed by atoms with Crippen molar-refractivity contribution in [2.75, 3.05) is 13.7 Å². The zero-order chi connectivity index (χ0) is 20.2. The largest absolute Gasteiger partial charge is 0.497 e. The lowest BCUT2D eigenvalue weighted by Crippen LogP contribution is -2.17. The lowest BCUT2D eigenvalue weighted by Gasteiger charge is -2.12. The van der Waals surface area contributed by atoms with Crippen LogP contribution in [0.4, 0.5) is 0 Å². The molecule has 0 bridgehead atoms. The predicted molar refractivity (Wildman–Crippen MR) is 117 cm³/mol. The lowest BCUT2D eigenvalue weighted by atomic mass is 10.0. The Balaban J connectivity index is 1.56. The van der Waals surface area contributed by atoms with Gasteiger partial charge in [0.2, 0.25) is 0 Å². The molecule has 0 aliphatic carbocycles. The van der Waals surface area contributed by atoms with Crippen molar-refractivity contribution in [1.82, 2.24) is 20.1 Å². The number of hydrogen-bond donors (Lipinski definition) is 1. The van der Waals surface area contributed by atoms with Crippen LogP contribution in [-0.4, -0.2) is 28.4 Å². The first-order valence-electron chi connectivity index (χ1n) is 9.54. The molecule has 0 aliphatic heterocycles. The highest BCUT2D eigenvalue weighted by Gasteiger charge is 2.12. The molecule has 4 rings (SSSR count). The van der Waals surface area contributed by atoms with Gasteiger partial charge in [0.05, 0.1) is 24.5 Å². The minimum atomic E-state index is 0.729. The molecule has 0 fully saturated rings. The van der Waals surface area contributed by atoms with E-state index in [1.165, 1.54) is 5.56 Å². The van der Waals surface area contributed by atoms with Crippen molar-refractivity contribution in [3.63, 3.8) is 0 Å². The van der Waals surface area contributed by atoms with Crippen LogP contribution in [0.5, 0.6) is 5.75 Å². The van der Waals surface area contributed by atoms with E-state index in [0.29, 0.717) is 0 Å². The number of nitrogens with one attached hydrogen (secondary N) is 1. The van der Waals surface area contributed by atoms with Gasteiger partial charge in [-0.25, -0.2) is 4.98 Å². The van der Waals surface area contributed by atoms with Crippen LogP contribution in [-0.2, 0) is 20.0 Å². The van der Waals surface area contributed by atoms with Crippen LogP contribution in [0.2, 0.25) is 5.02 Å². The summed E-state index contributed by atoms with van der Waals surface area (Å²) < 4.78 is 7.15. The first-order valence-corrected chi connectivity index (χ1v) is 9.92. The van der Waals surface area contributed by atoms with Gasteiger partial charge in [0, 0.05) is 41.8 Å². The van der Waals surface area contributed by atoms with E-state index in [9.17, 15) is 0 Å². The first kappa shape index (κ1) is 19.4. The third kappa shape index (κ3) is 4.58. The second-order valence-electron chi connectivity index (χ2n) is 7.01. The van der Waals surface area contributed by atoms with E-state index >= 15 is 0 Å². The van der Waals surface area contributed by atoms with Crippen LogP contribution in [0.1, 0.15) is 11.1 Å². The molecule has 0 aliphatic rings. The van der Waals surface area contributed by atoms with Gasteiger partial charge >= 0.3 is 0 Å². The molecule has 2 aromatic heterocycles. The number of benzene rings is 2. The van der Waals surface area contributed by atoms with Gasteiger partial charge in [-0.15, -0.1) is 0 Å². The molecule has 148 valence electrons. The van der Waals surface area contributed by atoms with Crippen molar-refractivity contribution >= 4 is 22.5 Å². The molecule has 2 aromatic carbocycles. The van der Waals surface area contributed by atoms with E-state index in [-0.39, 0.29) is 0 Å². The molecule has 0 unspecified atom stereocenters. The number of hydrogen-bond acceptors (Lipinski definition) is 4. The number of pyridine rings is 1. The maximum absolute atomic E-state index is 5.96. The zero-order valence-corrected chi connectivity index (χ0v) is 17.3. The van der Waals surface area contributed by atoms with Crippen molar-refractivity contribution in [2.45, 2.75) is 13.0 Å². The average molecular weight is 407 g/mol. The van der Waals surface area contributed by atoms with Crippen LogP contribution in [0, 0.1) is 0 Å². The first-order chi connectivity index (χ1) is 14.1. The summed E-state index contributed by atoms with van der Waals surface area (Å²) >= 11 is 5.96. The highest BCUT2D eigenvalue weighted by atomic mass is 35.5. The fraction of sp³-hybridized carbons (Fsp3) is 0.217. The molecular weight excluding hydrogens is 384 g/mol. The molecule has 4 aromatic rings. The predicted octanol–water partition coefficient (Wildman–Crippen LogP) is 4.63. The number of halogens is 1. The molecule has 0 saturated heterocycles. The van der Waals surface area contributed by atoms with Crippen LogP contribution < -0.4 is 10.1 Å². The number of methoxy groups -OCH3 is 1. The van der Waals surface area contributed by atoms with Crippen molar-refractivity contribution < 1.29 is 4.74 Å². The van der Waals surface area contributed by atoms with Gasteiger partial charge < -0.3 is 10.1 Å². The monoisotopic (exact) mass is 406 g/mol. The fourth-order valence-electron chi connectivity index (χ4n) is 3.35. The van der Waals surface area contributed by atoms with Gasteiger partial charge in [-0.2, -0.15) is 5.10 Å². The highest BCUT2D eigenvalue weighted by molar-refractivity contribution is 6.30. The molecule has 0 radical (unpaired) electrons. The molecule has 5 nitrogen and oxygen atoms in total. The van der Waals surface area contributed by atoms with Crippen molar-refractivity contribution in [3.8, 4) is 17.0 Å². The molecule has 0 amide bonds. The fourth-order valence-corrected chi connectivity index (χ4v) is 3.48. The summed E-state index contributed by atoms with van der Waals surface area (Å²) in [4.78, 5) is 4.93. The summed E-state index contributed by atoms with van der Waals surface area (Å²) in [5, 5.41) is 9.71. The standard InChI is InChI=1S/C23H23ClN4O/c1-28-15-19(14-26-28)23-18(11-17-5-8-21(29-2)12-22(17)27-23)13-25-10-9-16-3-6-20(24)7-4-16/h3-8,11-12,14-15,25H,9-10,13H2,1-2H3. The Labute approximate surface area is 175 Å². The Morgan fingerprint density at radius 1 is 1.10 bits per heavy atom. The maximum atomic E-state index is 5.96. The van der Waals surface area contributed by atoms with E-state index in [2.05, 4.69) is 28.6 Å². The van der Waals surface area contributed by atoms with E-state index in [0.717, 1.165) is 58.0 Å². The number of nitrogens with zero attached hydrogens (tertiary/aromatic N) is 3. The molecule has 1 N–H and O–H groups in total. The molecule has 0 atom stereocenters. The summed E-state index contributed by atoms with van der Waals surface area (Å²) in [6.07, 6.45) is 4.79. The maximum Gasteiger partial charge on any atom is 0.121 e. The summed E-state index contributed by atoms with van der Waals surface area (Å²) in [5.74, 6) is 0.802. The van der Waals surface area contributed by atoms with Crippen LogP contribution in [0.3, 0.4) is 0 Å². The number of fused-ring (bicyclic) bond motifs is 1. The van der Waals surface area contributed by atoms with E-state index in [4.69, 9.17) is 21.3 Å². The minimum absolute atomic E-state index is 0.729. The zero-order valence-electron chi connectivity index (χ0n) is 16.5. The van der Waals surface area contributed by atoms with Crippen molar-refractivity contribution in [3.05, 3.63) is 77.1 Å². The SMILES string of the molecule is COc1ccc2cc(CNCCc3ccc(Cl)cc3)c(-c3cnn(C)c3)nc2c1. The number of aryl methyl sites for hydroxylation is 1. The molecule has 2 heterocycles. The van der Waals surface area contributed by atoms with E-state index < -0.39 is 0 Å². The quantitative estimate of drug-likeness (QED) is 0.454. The second-order valence-corrected chi connectivity index (χ2v) is 7.45. The lowest BCUT2D eigenvalue weighted by molar-refractivity contribution is 0.415. The Bertz CT molecular complexity index is 1120. The second kappa shape index (κ2) is 8.64. The molecule has 6 heteroatoms. The van der Waals surface area contributed by atoms with Crippen LogP contribution >= 0.6 is 11.6 Å². The molecule has 0 saturated carbocycles. The topological polar surface area (TPSA) is 52.0 Å². The third-order valence-electron chi connectivity index (χ3n) is 4.90. The normalized spacial score (nSPS) is 11.1.